The standard InChI is InChI=1S/C13H18N2O3/c1-9(16)8-15(3)13(18)11-5-4-6-12(7-11)14-10(2)17/h4-7,9,16H,8H2,1-3H3,(H,14,17). The van der Waals surface area contributed by atoms with Gasteiger partial charge >= 0.3 is 0 Å². The van der Waals surface area contributed by atoms with Gasteiger partial charge in [-0.25, -0.2) is 0 Å². The molecule has 1 aromatic rings. The van der Waals surface area contributed by atoms with E-state index in [1.165, 1.54) is 11.8 Å². The molecule has 1 aromatic carbocycles. The van der Waals surface area contributed by atoms with E-state index in [0.717, 1.165) is 0 Å². The van der Waals surface area contributed by atoms with Gasteiger partial charge in [0.05, 0.1) is 6.10 Å². The van der Waals surface area contributed by atoms with Crippen molar-refractivity contribution < 1.29 is 14.7 Å². The predicted molar refractivity (Wildman–Crippen MR) is 69.4 cm³/mol. The van der Waals surface area contributed by atoms with Crippen molar-refractivity contribution in [3.05, 3.63) is 29.8 Å². The first kappa shape index (κ1) is 14.2. The van der Waals surface area contributed by atoms with Crippen LogP contribution in [-0.2, 0) is 4.79 Å². The third-order valence-electron chi connectivity index (χ3n) is 2.31. The van der Waals surface area contributed by atoms with Crippen molar-refractivity contribution in [3.8, 4) is 0 Å². The molecule has 5 heteroatoms. The number of aliphatic hydroxyl groups excluding tert-OH is 1. The van der Waals surface area contributed by atoms with Crippen molar-refractivity contribution in [2.45, 2.75) is 20.0 Å². The van der Waals surface area contributed by atoms with Gasteiger partial charge in [0, 0.05) is 31.8 Å². The summed E-state index contributed by atoms with van der Waals surface area (Å²) in [7, 11) is 1.63. The lowest BCUT2D eigenvalue weighted by Crippen LogP contribution is -2.33. The molecule has 0 bridgehead atoms. The van der Waals surface area contributed by atoms with Gasteiger partial charge in [0.15, 0.2) is 0 Å². The van der Waals surface area contributed by atoms with Crippen molar-refractivity contribution >= 4 is 17.5 Å². The third kappa shape index (κ3) is 4.18. The SMILES string of the molecule is CC(=O)Nc1cccc(C(=O)N(C)CC(C)O)c1. The fourth-order valence-electron chi connectivity index (χ4n) is 1.63. The van der Waals surface area contributed by atoms with E-state index in [9.17, 15) is 14.7 Å². The summed E-state index contributed by atoms with van der Waals surface area (Å²) >= 11 is 0. The van der Waals surface area contributed by atoms with Gasteiger partial charge in [-0.1, -0.05) is 6.07 Å². The Morgan fingerprint density at radius 3 is 2.67 bits per heavy atom. The number of nitrogens with zero attached hydrogens (tertiary/aromatic N) is 1. The van der Waals surface area contributed by atoms with Crippen LogP contribution in [0.25, 0.3) is 0 Å². The van der Waals surface area contributed by atoms with E-state index in [1.54, 1.807) is 38.2 Å². The van der Waals surface area contributed by atoms with Gasteiger partial charge in [-0.05, 0) is 25.1 Å². The number of amides is 2. The first-order valence-electron chi connectivity index (χ1n) is 5.71. The Morgan fingerprint density at radius 2 is 2.11 bits per heavy atom. The highest BCUT2D eigenvalue weighted by Crippen LogP contribution is 2.12. The Morgan fingerprint density at radius 1 is 1.44 bits per heavy atom. The van der Waals surface area contributed by atoms with Crippen LogP contribution in [0.2, 0.25) is 0 Å². The second-order valence-corrected chi connectivity index (χ2v) is 4.30. The van der Waals surface area contributed by atoms with Crippen LogP contribution in [0, 0.1) is 0 Å². The molecular weight excluding hydrogens is 232 g/mol. The third-order valence-corrected chi connectivity index (χ3v) is 2.31. The number of rotatable bonds is 4. The molecule has 1 rings (SSSR count). The summed E-state index contributed by atoms with van der Waals surface area (Å²) < 4.78 is 0. The normalized spacial score (nSPS) is 11.8. The number of aliphatic hydroxyl groups is 1. The minimum absolute atomic E-state index is 0.183. The van der Waals surface area contributed by atoms with E-state index in [-0.39, 0.29) is 18.4 Å². The van der Waals surface area contributed by atoms with Gasteiger partial charge in [-0.2, -0.15) is 0 Å². The summed E-state index contributed by atoms with van der Waals surface area (Å²) in [6.07, 6.45) is -0.572. The molecule has 98 valence electrons. The number of hydrogen-bond acceptors (Lipinski definition) is 3. The zero-order valence-electron chi connectivity index (χ0n) is 10.8. The zero-order valence-corrected chi connectivity index (χ0v) is 10.8. The van der Waals surface area contributed by atoms with E-state index in [0.29, 0.717) is 11.3 Å². The average molecular weight is 250 g/mol. The number of nitrogens with one attached hydrogen (secondary N) is 1. The van der Waals surface area contributed by atoms with Crippen LogP contribution in [0.1, 0.15) is 24.2 Å². The molecule has 0 aliphatic heterocycles. The number of carbonyl (C=O) groups excluding carboxylic acids is 2. The fourth-order valence-corrected chi connectivity index (χ4v) is 1.63. The Balaban J connectivity index is 2.82. The van der Waals surface area contributed by atoms with Gasteiger partial charge in [-0.3, -0.25) is 9.59 Å². The Labute approximate surface area is 106 Å². The second kappa shape index (κ2) is 6.16. The van der Waals surface area contributed by atoms with E-state index in [4.69, 9.17) is 0 Å². The number of carbonyl (C=O) groups is 2. The summed E-state index contributed by atoms with van der Waals surface area (Å²) in [4.78, 5) is 24.4. The molecule has 0 fully saturated rings. The smallest absolute Gasteiger partial charge is 0.253 e. The molecule has 5 nitrogen and oxygen atoms in total. The summed E-state index contributed by atoms with van der Waals surface area (Å²) in [5, 5.41) is 11.9. The first-order valence-corrected chi connectivity index (χ1v) is 5.71. The van der Waals surface area contributed by atoms with Crippen molar-refractivity contribution in [2.75, 3.05) is 18.9 Å². The monoisotopic (exact) mass is 250 g/mol. The summed E-state index contributed by atoms with van der Waals surface area (Å²) in [6, 6.07) is 6.70. The minimum Gasteiger partial charge on any atom is -0.392 e. The Kier molecular flexibility index (Phi) is 4.85. The minimum atomic E-state index is -0.572. The van der Waals surface area contributed by atoms with Crippen LogP contribution in [0.5, 0.6) is 0 Å². The van der Waals surface area contributed by atoms with Crippen LogP contribution in [0.4, 0.5) is 5.69 Å². The van der Waals surface area contributed by atoms with Crippen molar-refractivity contribution in [2.24, 2.45) is 0 Å². The molecule has 0 aromatic heterocycles. The molecular formula is C13H18N2O3. The first-order chi connectivity index (χ1) is 8.40. The van der Waals surface area contributed by atoms with E-state index in [1.807, 2.05) is 0 Å². The van der Waals surface area contributed by atoms with Crippen molar-refractivity contribution in [3.63, 3.8) is 0 Å². The lowest BCUT2D eigenvalue weighted by Gasteiger charge is -2.19. The molecule has 1 atom stereocenters. The highest BCUT2D eigenvalue weighted by atomic mass is 16.3. The van der Waals surface area contributed by atoms with Gasteiger partial charge in [0.25, 0.3) is 5.91 Å². The maximum Gasteiger partial charge on any atom is 0.253 e. The molecule has 0 saturated heterocycles. The Bertz CT molecular complexity index is 444. The number of anilines is 1. The van der Waals surface area contributed by atoms with Crippen LogP contribution in [0.15, 0.2) is 24.3 Å². The molecule has 2 N–H and O–H groups in total. The summed E-state index contributed by atoms with van der Waals surface area (Å²) in [6.45, 7) is 3.30. The highest BCUT2D eigenvalue weighted by molar-refractivity contribution is 5.96. The van der Waals surface area contributed by atoms with E-state index >= 15 is 0 Å². The number of likely N-dealkylation sites (N-methyl/N-ethyl adjacent to an activating group) is 1. The molecule has 0 heterocycles. The van der Waals surface area contributed by atoms with Crippen LogP contribution in [0.3, 0.4) is 0 Å². The maximum atomic E-state index is 12.0. The average Bonchev–Trinajstić information content (AvgIpc) is 2.26. The highest BCUT2D eigenvalue weighted by Gasteiger charge is 2.13. The quantitative estimate of drug-likeness (QED) is 0.840. The zero-order chi connectivity index (χ0) is 13.7. The number of benzene rings is 1. The van der Waals surface area contributed by atoms with Gasteiger partial charge < -0.3 is 15.3 Å². The molecule has 0 spiro atoms. The number of hydrogen-bond donors (Lipinski definition) is 2. The van der Waals surface area contributed by atoms with E-state index in [2.05, 4.69) is 5.32 Å². The molecule has 1 unspecified atom stereocenters. The van der Waals surface area contributed by atoms with Gasteiger partial charge in [0.1, 0.15) is 0 Å². The van der Waals surface area contributed by atoms with Gasteiger partial charge in [0.2, 0.25) is 5.91 Å². The molecule has 0 radical (unpaired) electrons. The molecule has 2 amide bonds. The summed E-state index contributed by atoms with van der Waals surface area (Å²) in [5.41, 5.74) is 1.06. The second-order valence-electron chi connectivity index (χ2n) is 4.30. The van der Waals surface area contributed by atoms with Crippen molar-refractivity contribution in [1.29, 1.82) is 0 Å². The Hall–Kier alpha value is -1.88. The fraction of sp³-hybridized carbons (Fsp3) is 0.385. The topological polar surface area (TPSA) is 69.6 Å². The largest absolute Gasteiger partial charge is 0.392 e. The molecule has 0 saturated carbocycles. The lowest BCUT2D eigenvalue weighted by molar-refractivity contribution is -0.114. The predicted octanol–water partition coefficient (Wildman–Crippen LogP) is 1.10. The van der Waals surface area contributed by atoms with Gasteiger partial charge in [-0.15, -0.1) is 0 Å². The van der Waals surface area contributed by atoms with Crippen LogP contribution >= 0.6 is 0 Å². The van der Waals surface area contributed by atoms with Crippen molar-refractivity contribution in [1.82, 2.24) is 4.90 Å². The molecule has 0 aliphatic carbocycles. The molecule has 18 heavy (non-hydrogen) atoms. The van der Waals surface area contributed by atoms with Crippen LogP contribution in [-0.4, -0.2) is 41.5 Å². The lowest BCUT2D eigenvalue weighted by atomic mass is 10.1. The van der Waals surface area contributed by atoms with E-state index < -0.39 is 6.10 Å². The maximum absolute atomic E-state index is 12.0. The summed E-state index contributed by atoms with van der Waals surface area (Å²) in [5.74, 6) is -0.375. The molecule has 0 aliphatic rings. The van der Waals surface area contributed by atoms with Crippen LogP contribution < -0.4 is 5.32 Å².